The molecule has 2 heterocycles. The molecule has 2 rings (SSSR count). The lowest BCUT2D eigenvalue weighted by molar-refractivity contribution is -0.110. The van der Waals surface area contributed by atoms with Crippen LogP contribution in [0.5, 0.6) is 0 Å². The van der Waals surface area contributed by atoms with Crippen LogP contribution in [0.4, 0.5) is 16.3 Å². The predicted octanol–water partition coefficient (Wildman–Crippen LogP) is 0.121. The largest absolute Gasteiger partial charge is 0.442 e. The fourth-order valence-corrected chi connectivity index (χ4v) is 1.90. The molecule has 0 aliphatic carbocycles. The minimum Gasteiger partial charge on any atom is -0.442 e. The molecule has 0 saturated carbocycles. The van der Waals surface area contributed by atoms with Gasteiger partial charge in [-0.05, 0) is 12.1 Å². The third-order valence-corrected chi connectivity index (χ3v) is 2.91. The van der Waals surface area contributed by atoms with E-state index in [9.17, 15) is 9.59 Å². The van der Waals surface area contributed by atoms with Crippen molar-refractivity contribution in [1.82, 2.24) is 9.88 Å². The van der Waals surface area contributed by atoms with Gasteiger partial charge in [0, 0.05) is 26.2 Å². The van der Waals surface area contributed by atoms with Gasteiger partial charge in [-0.3, -0.25) is 4.79 Å². The molecule has 0 atom stereocenters. The number of rotatable bonds is 3. The number of nitrogens with zero attached hydrogens (tertiary/aromatic N) is 3. The molecular formula is C12H16N4O3. The summed E-state index contributed by atoms with van der Waals surface area (Å²) in [5.74, 6) is 0.843. The molecule has 2 N–H and O–H groups in total. The van der Waals surface area contributed by atoms with Crippen LogP contribution in [0.3, 0.4) is 0 Å². The van der Waals surface area contributed by atoms with Crippen molar-refractivity contribution in [2.75, 3.05) is 43.4 Å². The van der Waals surface area contributed by atoms with Gasteiger partial charge in [-0.1, -0.05) is 0 Å². The Morgan fingerprint density at radius 3 is 2.68 bits per heavy atom. The number of nitrogens with two attached hydrogens (primary N) is 1. The number of ether oxygens (including phenoxy) is 1. The molecule has 1 aliphatic rings. The standard InChI is InChI=1S/C12H16N4O3/c13-10-1-2-11(14-9-10)15-3-5-16(6-4-15)12(18)19-8-7-17/h1-2,7,9H,3-6,8,13H2. The first-order valence-corrected chi connectivity index (χ1v) is 6.02. The Morgan fingerprint density at radius 2 is 2.11 bits per heavy atom. The summed E-state index contributed by atoms with van der Waals surface area (Å²) >= 11 is 0. The fourth-order valence-electron chi connectivity index (χ4n) is 1.90. The quantitative estimate of drug-likeness (QED) is 0.780. The van der Waals surface area contributed by atoms with E-state index in [1.807, 2.05) is 6.07 Å². The molecule has 0 aromatic carbocycles. The Balaban J connectivity index is 1.86. The summed E-state index contributed by atoms with van der Waals surface area (Å²) in [6.07, 6.45) is 1.73. The zero-order valence-electron chi connectivity index (χ0n) is 10.5. The molecule has 102 valence electrons. The molecule has 1 aliphatic heterocycles. The van der Waals surface area contributed by atoms with Gasteiger partial charge in [0.05, 0.1) is 11.9 Å². The monoisotopic (exact) mass is 264 g/mol. The smallest absolute Gasteiger partial charge is 0.410 e. The number of piperazine rings is 1. The Labute approximate surface area is 110 Å². The van der Waals surface area contributed by atoms with E-state index in [1.165, 1.54) is 0 Å². The van der Waals surface area contributed by atoms with Crippen molar-refractivity contribution in [1.29, 1.82) is 0 Å². The molecule has 7 heteroatoms. The highest BCUT2D eigenvalue weighted by Gasteiger charge is 2.22. The molecule has 1 fully saturated rings. The van der Waals surface area contributed by atoms with Crippen molar-refractivity contribution in [2.24, 2.45) is 0 Å². The van der Waals surface area contributed by atoms with Gasteiger partial charge in [-0.25, -0.2) is 9.78 Å². The maximum atomic E-state index is 11.5. The van der Waals surface area contributed by atoms with Gasteiger partial charge in [0.2, 0.25) is 0 Å². The number of hydrogen-bond donors (Lipinski definition) is 1. The zero-order chi connectivity index (χ0) is 13.7. The van der Waals surface area contributed by atoms with Crippen molar-refractivity contribution in [2.45, 2.75) is 0 Å². The van der Waals surface area contributed by atoms with Gasteiger partial charge < -0.3 is 20.3 Å². The topological polar surface area (TPSA) is 88.8 Å². The lowest BCUT2D eigenvalue weighted by Gasteiger charge is -2.34. The number of carbonyl (C=O) groups excluding carboxylic acids is 2. The normalized spacial score (nSPS) is 15.2. The zero-order valence-corrected chi connectivity index (χ0v) is 10.5. The number of carbonyl (C=O) groups is 2. The van der Waals surface area contributed by atoms with E-state index < -0.39 is 6.09 Å². The van der Waals surface area contributed by atoms with Crippen LogP contribution in [0.15, 0.2) is 18.3 Å². The van der Waals surface area contributed by atoms with Crippen molar-refractivity contribution in [3.8, 4) is 0 Å². The Bertz CT molecular complexity index is 441. The minimum atomic E-state index is -0.447. The molecule has 0 bridgehead atoms. The molecule has 1 amide bonds. The van der Waals surface area contributed by atoms with Crippen molar-refractivity contribution in [3.63, 3.8) is 0 Å². The fraction of sp³-hybridized carbons (Fsp3) is 0.417. The average molecular weight is 264 g/mol. The number of aromatic nitrogens is 1. The predicted molar refractivity (Wildman–Crippen MR) is 69.8 cm³/mol. The summed E-state index contributed by atoms with van der Waals surface area (Å²) in [4.78, 5) is 29.6. The SMILES string of the molecule is Nc1ccc(N2CCN(C(=O)OCC=O)CC2)nc1. The van der Waals surface area contributed by atoms with E-state index in [0.29, 0.717) is 38.2 Å². The van der Waals surface area contributed by atoms with E-state index in [1.54, 1.807) is 17.2 Å². The van der Waals surface area contributed by atoms with Crippen LogP contribution in [-0.4, -0.2) is 55.0 Å². The average Bonchev–Trinajstić information content (AvgIpc) is 2.46. The molecule has 0 radical (unpaired) electrons. The van der Waals surface area contributed by atoms with Gasteiger partial charge in [0.15, 0.2) is 6.29 Å². The Hall–Kier alpha value is -2.31. The number of hydrogen-bond acceptors (Lipinski definition) is 6. The number of anilines is 2. The number of aldehydes is 1. The second-order valence-corrected chi connectivity index (χ2v) is 4.17. The van der Waals surface area contributed by atoms with E-state index in [4.69, 9.17) is 10.5 Å². The number of pyridine rings is 1. The van der Waals surface area contributed by atoms with E-state index in [0.717, 1.165) is 5.82 Å². The number of nitrogen functional groups attached to an aromatic ring is 1. The molecule has 7 nitrogen and oxygen atoms in total. The van der Waals surface area contributed by atoms with Gasteiger partial charge in [0.1, 0.15) is 12.4 Å². The van der Waals surface area contributed by atoms with Crippen LogP contribution in [0, 0.1) is 0 Å². The maximum Gasteiger partial charge on any atom is 0.410 e. The van der Waals surface area contributed by atoms with Gasteiger partial charge >= 0.3 is 6.09 Å². The first kappa shape index (κ1) is 13.1. The molecule has 1 saturated heterocycles. The molecular weight excluding hydrogens is 248 g/mol. The summed E-state index contributed by atoms with van der Waals surface area (Å²) < 4.78 is 4.76. The molecule has 0 unspecified atom stereocenters. The highest BCUT2D eigenvalue weighted by molar-refractivity contribution is 5.70. The van der Waals surface area contributed by atoms with Crippen molar-refractivity contribution >= 4 is 23.9 Å². The van der Waals surface area contributed by atoms with Crippen LogP contribution in [-0.2, 0) is 9.53 Å². The van der Waals surface area contributed by atoms with Crippen LogP contribution in [0.2, 0.25) is 0 Å². The second-order valence-electron chi connectivity index (χ2n) is 4.17. The lowest BCUT2D eigenvalue weighted by Crippen LogP contribution is -2.49. The maximum absolute atomic E-state index is 11.5. The third kappa shape index (κ3) is 3.34. The van der Waals surface area contributed by atoms with Crippen molar-refractivity contribution in [3.05, 3.63) is 18.3 Å². The summed E-state index contributed by atoms with van der Waals surface area (Å²) in [5.41, 5.74) is 6.21. The van der Waals surface area contributed by atoms with Crippen molar-refractivity contribution < 1.29 is 14.3 Å². The van der Waals surface area contributed by atoms with E-state index in [2.05, 4.69) is 9.88 Å². The summed E-state index contributed by atoms with van der Waals surface area (Å²) in [7, 11) is 0. The summed E-state index contributed by atoms with van der Waals surface area (Å²) in [6, 6.07) is 3.66. The first-order valence-electron chi connectivity index (χ1n) is 6.02. The van der Waals surface area contributed by atoms with E-state index >= 15 is 0 Å². The molecule has 1 aromatic rings. The summed E-state index contributed by atoms with van der Waals surface area (Å²) in [6.45, 7) is 2.24. The van der Waals surface area contributed by atoms with E-state index in [-0.39, 0.29) is 6.61 Å². The molecule has 0 spiro atoms. The van der Waals surface area contributed by atoms with Crippen LogP contribution < -0.4 is 10.6 Å². The molecule has 1 aromatic heterocycles. The minimum absolute atomic E-state index is 0.196. The third-order valence-electron chi connectivity index (χ3n) is 2.91. The van der Waals surface area contributed by atoms with Crippen LogP contribution in [0.1, 0.15) is 0 Å². The Morgan fingerprint density at radius 1 is 1.37 bits per heavy atom. The van der Waals surface area contributed by atoms with Crippen LogP contribution >= 0.6 is 0 Å². The summed E-state index contributed by atoms with van der Waals surface area (Å²) in [5, 5.41) is 0. The highest BCUT2D eigenvalue weighted by Crippen LogP contribution is 2.14. The van der Waals surface area contributed by atoms with Crippen LogP contribution in [0.25, 0.3) is 0 Å². The molecule has 19 heavy (non-hydrogen) atoms. The van der Waals surface area contributed by atoms with Gasteiger partial charge in [-0.2, -0.15) is 0 Å². The second kappa shape index (κ2) is 6.03. The van der Waals surface area contributed by atoms with Gasteiger partial charge in [0.25, 0.3) is 0 Å². The number of amides is 1. The Kier molecular flexibility index (Phi) is 4.17. The highest BCUT2D eigenvalue weighted by atomic mass is 16.6. The lowest BCUT2D eigenvalue weighted by atomic mass is 10.3. The first-order chi connectivity index (χ1) is 9.20. The van der Waals surface area contributed by atoms with Gasteiger partial charge in [-0.15, -0.1) is 0 Å².